The zero-order chi connectivity index (χ0) is 21.4. The molecule has 3 rings (SSSR count). The van der Waals surface area contributed by atoms with E-state index in [2.05, 4.69) is 42.4 Å². The average molecular weight is 389 g/mol. The van der Waals surface area contributed by atoms with Gasteiger partial charge in [-0.15, -0.1) is 0 Å². The van der Waals surface area contributed by atoms with Crippen LogP contribution in [0.4, 0.5) is 0 Å². The summed E-state index contributed by atoms with van der Waals surface area (Å²) in [5.74, 6) is 0. The van der Waals surface area contributed by atoms with E-state index in [1.807, 2.05) is 40.7 Å². The zero-order valence-corrected chi connectivity index (χ0v) is 19.2. The highest BCUT2D eigenvalue weighted by molar-refractivity contribution is 5.47. The van der Waals surface area contributed by atoms with E-state index in [-0.39, 0.29) is 17.6 Å². The minimum atomic E-state index is -0.221. The summed E-state index contributed by atoms with van der Waals surface area (Å²) in [5.41, 5.74) is 3.42. The lowest BCUT2D eigenvalue weighted by Crippen LogP contribution is -2.53. The molecular weight excluding hydrogens is 348 g/mol. The maximum atomic E-state index is 12.9. The van der Waals surface area contributed by atoms with Gasteiger partial charge in [-0.25, -0.2) is 0 Å². The number of aromatic nitrogens is 1. The van der Waals surface area contributed by atoms with Gasteiger partial charge in [-0.3, -0.25) is 9.69 Å². The lowest BCUT2D eigenvalue weighted by molar-refractivity contribution is -0.00455. The second-order valence-electron chi connectivity index (χ2n) is 7.26. The monoisotopic (exact) mass is 388 g/mol. The van der Waals surface area contributed by atoms with Crippen molar-refractivity contribution in [2.45, 2.75) is 86.9 Å². The Labute approximate surface area is 170 Å². The molecular formula is C24H40N2O2. The van der Waals surface area contributed by atoms with Crippen molar-refractivity contribution in [3.63, 3.8) is 0 Å². The second kappa shape index (κ2) is 11.4. The fourth-order valence-corrected chi connectivity index (χ4v) is 3.70. The molecule has 0 aromatic carbocycles. The van der Waals surface area contributed by atoms with Crippen LogP contribution in [0, 0.1) is 6.92 Å². The van der Waals surface area contributed by atoms with Crippen molar-refractivity contribution in [3.8, 4) is 0 Å². The standard InChI is InChI=1S/C20H28N2O2.2C2H6/c1-5-15-6-8-17-18(9-7-15)22(13(2)3)19(14(4)20(17)24)12-21-10-16(23)11-21;2*1-2/h6,8-9,13,16,23H,5,7,10-12H2,1-4H3;2*1-2H3. The summed E-state index contributed by atoms with van der Waals surface area (Å²) in [6, 6.07) is 0.284. The number of fused-ring (bicyclic) bond motifs is 1. The van der Waals surface area contributed by atoms with E-state index in [1.165, 1.54) is 5.57 Å². The van der Waals surface area contributed by atoms with Gasteiger partial charge in [0.1, 0.15) is 0 Å². The number of aliphatic hydroxyl groups excluding tert-OH is 1. The van der Waals surface area contributed by atoms with Crippen molar-refractivity contribution in [1.29, 1.82) is 0 Å². The third kappa shape index (κ3) is 5.24. The summed E-state index contributed by atoms with van der Waals surface area (Å²) in [7, 11) is 0. The number of nitrogens with zero attached hydrogens (tertiary/aromatic N) is 2. The van der Waals surface area contributed by atoms with Crippen LogP contribution >= 0.6 is 0 Å². The molecule has 4 nitrogen and oxygen atoms in total. The second-order valence-corrected chi connectivity index (χ2v) is 7.26. The fraction of sp³-hybridized carbons (Fsp3) is 0.625. The summed E-state index contributed by atoms with van der Waals surface area (Å²) in [5, 5.41) is 11.4. The van der Waals surface area contributed by atoms with Crippen LogP contribution in [0.1, 0.15) is 78.6 Å². The van der Waals surface area contributed by atoms with Crippen molar-refractivity contribution in [2.24, 2.45) is 0 Å². The number of hydrogen-bond acceptors (Lipinski definition) is 3. The molecule has 2 heterocycles. The molecule has 0 saturated carbocycles. The van der Waals surface area contributed by atoms with E-state index in [9.17, 15) is 9.90 Å². The highest BCUT2D eigenvalue weighted by Gasteiger charge is 2.26. The number of rotatable bonds is 4. The van der Waals surface area contributed by atoms with Gasteiger partial charge in [-0.05, 0) is 39.7 Å². The van der Waals surface area contributed by atoms with Crippen molar-refractivity contribution < 1.29 is 5.11 Å². The molecule has 0 bridgehead atoms. The Bertz CT molecular complexity index is 841. The summed E-state index contributed by atoms with van der Waals surface area (Å²) in [6.45, 7) is 18.6. The molecule has 2 aliphatic rings. The van der Waals surface area contributed by atoms with Gasteiger partial charge in [-0.2, -0.15) is 0 Å². The first-order valence-corrected chi connectivity index (χ1v) is 11.0. The Morgan fingerprint density at radius 1 is 1.14 bits per heavy atom. The molecule has 1 aromatic rings. The van der Waals surface area contributed by atoms with Crippen LogP contribution in [0.3, 0.4) is 0 Å². The highest BCUT2D eigenvalue weighted by atomic mass is 16.3. The van der Waals surface area contributed by atoms with Crippen molar-refractivity contribution in [3.05, 3.63) is 43.7 Å². The SMILES string of the molecule is CC.CC.CCC1=CC=c2c(=O)c(C)c(CN3CC(O)C3)n(C(C)C)c2=CC1. The minimum absolute atomic E-state index is 0.142. The first kappa shape index (κ1) is 24.4. The van der Waals surface area contributed by atoms with E-state index in [0.29, 0.717) is 13.1 Å². The molecule has 1 saturated heterocycles. The third-order valence-electron chi connectivity index (χ3n) is 5.17. The van der Waals surface area contributed by atoms with Crippen LogP contribution in [0.15, 0.2) is 16.4 Å². The van der Waals surface area contributed by atoms with Crippen LogP contribution in [-0.4, -0.2) is 33.8 Å². The summed E-state index contributed by atoms with van der Waals surface area (Å²) < 4.78 is 2.32. The third-order valence-corrected chi connectivity index (χ3v) is 5.17. The molecule has 1 aliphatic carbocycles. The van der Waals surface area contributed by atoms with E-state index >= 15 is 0 Å². The van der Waals surface area contributed by atoms with Gasteiger partial charge in [-0.1, -0.05) is 52.3 Å². The Morgan fingerprint density at radius 2 is 1.75 bits per heavy atom. The van der Waals surface area contributed by atoms with Crippen LogP contribution in [-0.2, 0) is 6.54 Å². The molecule has 28 heavy (non-hydrogen) atoms. The van der Waals surface area contributed by atoms with E-state index < -0.39 is 0 Å². The van der Waals surface area contributed by atoms with Gasteiger partial charge >= 0.3 is 0 Å². The first-order chi connectivity index (χ1) is 13.4. The van der Waals surface area contributed by atoms with Gasteiger partial charge in [0, 0.05) is 47.5 Å². The van der Waals surface area contributed by atoms with Crippen LogP contribution in [0.25, 0.3) is 12.2 Å². The number of β-amino-alcohol motifs (C(OH)–C–C–N with tert-alkyl or cyclic N) is 1. The van der Waals surface area contributed by atoms with E-state index in [0.717, 1.165) is 41.2 Å². The molecule has 0 amide bonds. The maximum absolute atomic E-state index is 12.9. The van der Waals surface area contributed by atoms with E-state index in [4.69, 9.17) is 0 Å². The lowest BCUT2D eigenvalue weighted by Gasteiger charge is -2.37. The smallest absolute Gasteiger partial charge is 0.192 e. The number of hydrogen-bond donors (Lipinski definition) is 1. The lowest BCUT2D eigenvalue weighted by atomic mass is 10.1. The Kier molecular flexibility index (Phi) is 9.91. The minimum Gasteiger partial charge on any atom is -0.390 e. The Balaban J connectivity index is 0.000000921. The predicted molar refractivity (Wildman–Crippen MR) is 121 cm³/mol. The molecule has 1 fully saturated rings. The van der Waals surface area contributed by atoms with Crippen molar-refractivity contribution >= 4 is 12.2 Å². The molecule has 1 aromatic heterocycles. The van der Waals surface area contributed by atoms with Crippen LogP contribution < -0.4 is 16.0 Å². The molecule has 0 atom stereocenters. The summed E-state index contributed by atoms with van der Waals surface area (Å²) >= 11 is 0. The quantitative estimate of drug-likeness (QED) is 0.861. The van der Waals surface area contributed by atoms with Crippen LogP contribution in [0.5, 0.6) is 0 Å². The van der Waals surface area contributed by atoms with Gasteiger partial charge in [0.15, 0.2) is 5.43 Å². The normalized spacial score (nSPS) is 16.1. The topological polar surface area (TPSA) is 45.5 Å². The molecule has 0 radical (unpaired) electrons. The highest BCUT2D eigenvalue weighted by Crippen LogP contribution is 2.16. The molecule has 0 spiro atoms. The van der Waals surface area contributed by atoms with Gasteiger partial charge in [0.2, 0.25) is 0 Å². The Morgan fingerprint density at radius 3 is 2.25 bits per heavy atom. The van der Waals surface area contributed by atoms with Gasteiger partial charge in [0.25, 0.3) is 0 Å². The van der Waals surface area contributed by atoms with Crippen LogP contribution in [0.2, 0.25) is 0 Å². The average Bonchev–Trinajstić information content (AvgIpc) is 2.90. The van der Waals surface area contributed by atoms with E-state index in [1.54, 1.807) is 0 Å². The number of pyridine rings is 1. The number of allylic oxidation sites excluding steroid dienone is 2. The molecule has 4 heteroatoms. The molecule has 0 unspecified atom stereocenters. The first-order valence-electron chi connectivity index (χ1n) is 11.0. The Hall–Kier alpha value is -1.65. The predicted octanol–water partition coefficient (Wildman–Crippen LogP) is 3.27. The van der Waals surface area contributed by atoms with Gasteiger partial charge in [0.05, 0.1) is 6.10 Å². The number of likely N-dealkylation sites (tertiary alicyclic amines) is 1. The van der Waals surface area contributed by atoms with Crippen molar-refractivity contribution in [1.82, 2.24) is 9.47 Å². The molecule has 1 N–H and O–H groups in total. The molecule has 158 valence electrons. The molecule has 1 aliphatic heterocycles. The zero-order valence-electron chi connectivity index (χ0n) is 19.2. The maximum Gasteiger partial charge on any atom is 0.192 e. The van der Waals surface area contributed by atoms with Crippen molar-refractivity contribution in [2.75, 3.05) is 13.1 Å². The summed E-state index contributed by atoms with van der Waals surface area (Å²) in [4.78, 5) is 15.1. The summed E-state index contributed by atoms with van der Waals surface area (Å²) in [6.07, 6.45) is 8.01. The fourth-order valence-electron chi connectivity index (χ4n) is 3.70. The largest absolute Gasteiger partial charge is 0.390 e. The number of aliphatic hydroxyl groups is 1. The van der Waals surface area contributed by atoms with Gasteiger partial charge < -0.3 is 9.67 Å².